The molecule has 0 spiro atoms. The zero-order valence-corrected chi connectivity index (χ0v) is 9.24. The molecule has 1 saturated carbocycles. The molecule has 0 aromatic heterocycles. The van der Waals surface area contributed by atoms with Gasteiger partial charge in [-0.05, 0) is 31.4 Å². The summed E-state index contributed by atoms with van der Waals surface area (Å²) < 4.78 is 0. The van der Waals surface area contributed by atoms with E-state index in [2.05, 4.69) is 12.2 Å². The molecule has 76 valence electrons. The van der Waals surface area contributed by atoms with Gasteiger partial charge in [-0.25, -0.2) is 0 Å². The second-order valence-electron chi connectivity index (χ2n) is 4.07. The van der Waals surface area contributed by atoms with E-state index in [1.165, 1.54) is 37.7 Å². The molecular formula is C11H20ClN. The van der Waals surface area contributed by atoms with Crippen LogP contribution in [0.2, 0.25) is 0 Å². The Balaban J connectivity index is 1.94. The molecule has 1 rings (SSSR count). The smallest absolute Gasteiger partial charge is 0.0173 e. The normalized spacial score (nSPS) is 19.7. The molecule has 0 heterocycles. The monoisotopic (exact) mass is 201 g/mol. The molecule has 2 heteroatoms. The molecule has 13 heavy (non-hydrogen) atoms. The molecule has 0 bridgehead atoms. The van der Waals surface area contributed by atoms with Crippen LogP contribution < -0.4 is 5.32 Å². The molecule has 0 aliphatic heterocycles. The quantitative estimate of drug-likeness (QED) is 0.674. The fourth-order valence-electron chi connectivity index (χ4n) is 1.93. The molecule has 1 aliphatic rings. The minimum atomic E-state index is 0.941. The molecular weight excluding hydrogens is 182 g/mol. The summed E-state index contributed by atoms with van der Waals surface area (Å²) in [4.78, 5) is 0. The summed E-state index contributed by atoms with van der Waals surface area (Å²) in [5.41, 5.74) is 2.87. The molecule has 0 aromatic rings. The first kappa shape index (κ1) is 11.1. The van der Waals surface area contributed by atoms with E-state index in [0.717, 1.165) is 19.0 Å². The largest absolute Gasteiger partial charge is 0.313 e. The summed E-state index contributed by atoms with van der Waals surface area (Å²) in [6.07, 6.45) is 7.14. The predicted molar refractivity (Wildman–Crippen MR) is 59.1 cm³/mol. The fourth-order valence-corrected chi connectivity index (χ4v) is 2.01. The average molecular weight is 202 g/mol. The van der Waals surface area contributed by atoms with Crippen LogP contribution in [0.15, 0.2) is 11.1 Å². The molecule has 0 unspecified atom stereocenters. The zero-order chi connectivity index (χ0) is 9.52. The Morgan fingerprint density at radius 1 is 1.46 bits per heavy atom. The maximum absolute atomic E-state index is 5.56. The molecule has 1 N–H and O–H groups in total. The Bertz CT molecular complexity index is 159. The van der Waals surface area contributed by atoms with Gasteiger partial charge in [-0.3, -0.25) is 0 Å². The SMILES string of the molecule is CC(=CCl)CNCCC1CCCC1. The van der Waals surface area contributed by atoms with Gasteiger partial charge < -0.3 is 5.32 Å². The van der Waals surface area contributed by atoms with Crippen LogP contribution in [0.3, 0.4) is 0 Å². The molecule has 1 nitrogen and oxygen atoms in total. The summed E-state index contributed by atoms with van der Waals surface area (Å²) in [6, 6.07) is 0. The number of nitrogens with one attached hydrogen (secondary N) is 1. The average Bonchev–Trinajstić information content (AvgIpc) is 2.64. The van der Waals surface area contributed by atoms with Crippen LogP contribution in [0.5, 0.6) is 0 Å². The second-order valence-corrected chi connectivity index (χ2v) is 4.29. The summed E-state index contributed by atoms with van der Waals surface area (Å²) in [5, 5.41) is 3.41. The van der Waals surface area contributed by atoms with E-state index in [-0.39, 0.29) is 0 Å². The van der Waals surface area contributed by atoms with Gasteiger partial charge in [0.15, 0.2) is 0 Å². The van der Waals surface area contributed by atoms with E-state index in [0.29, 0.717) is 0 Å². The van der Waals surface area contributed by atoms with Crippen LogP contribution in [0.1, 0.15) is 39.0 Å². The molecule has 0 amide bonds. The Morgan fingerprint density at radius 2 is 2.15 bits per heavy atom. The van der Waals surface area contributed by atoms with Crippen molar-refractivity contribution < 1.29 is 0 Å². The van der Waals surface area contributed by atoms with Gasteiger partial charge in [-0.2, -0.15) is 0 Å². The van der Waals surface area contributed by atoms with Crippen LogP contribution in [-0.4, -0.2) is 13.1 Å². The summed E-state index contributed by atoms with van der Waals surface area (Å²) in [6.45, 7) is 4.14. The molecule has 0 atom stereocenters. The van der Waals surface area contributed by atoms with Crippen LogP contribution in [-0.2, 0) is 0 Å². The number of hydrogen-bond acceptors (Lipinski definition) is 1. The lowest BCUT2D eigenvalue weighted by Gasteiger charge is -2.09. The molecule has 0 saturated heterocycles. The van der Waals surface area contributed by atoms with E-state index in [1.54, 1.807) is 5.54 Å². The van der Waals surface area contributed by atoms with Crippen molar-refractivity contribution in [2.24, 2.45) is 5.92 Å². The van der Waals surface area contributed by atoms with Crippen molar-refractivity contribution in [3.63, 3.8) is 0 Å². The van der Waals surface area contributed by atoms with E-state index in [4.69, 9.17) is 11.6 Å². The highest BCUT2D eigenvalue weighted by molar-refractivity contribution is 6.25. The van der Waals surface area contributed by atoms with Gasteiger partial charge in [0.05, 0.1) is 0 Å². The second kappa shape index (κ2) is 6.44. The van der Waals surface area contributed by atoms with Crippen molar-refractivity contribution in [2.45, 2.75) is 39.0 Å². The summed E-state index contributed by atoms with van der Waals surface area (Å²) in [7, 11) is 0. The van der Waals surface area contributed by atoms with Gasteiger partial charge in [0.1, 0.15) is 0 Å². The lowest BCUT2D eigenvalue weighted by Crippen LogP contribution is -2.19. The Labute approximate surface area is 86.5 Å². The summed E-state index contributed by atoms with van der Waals surface area (Å²) >= 11 is 5.56. The van der Waals surface area contributed by atoms with Crippen molar-refractivity contribution in [1.29, 1.82) is 0 Å². The topological polar surface area (TPSA) is 12.0 Å². The zero-order valence-electron chi connectivity index (χ0n) is 8.48. The third-order valence-electron chi connectivity index (χ3n) is 2.79. The van der Waals surface area contributed by atoms with Gasteiger partial charge in [0.25, 0.3) is 0 Å². The highest BCUT2D eigenvalue weighted by atomic mass is 35.5. The van der Waals surface area contributed by atoms with E-state index < -0.39 is 0 Å². The minimum Gasteiger partial charge on any atom is -0.313 e. The molecule has 1 aliphatic carbocycles. The first-order chi connectivity index (χ1) is 6.33. The minimum absolute atomic E-state index is 0.941. The van der Waals surface area contributed by atoms with Crippen LogP contribution in [0.4, 0.5) is 0 Å². The maximum atomic E-state index is 5.56. The molecule has 0 aromatic carbocycles. The Hall–Kier alpha value is -0.0100. The first-order valence-electron chi connectivity index (χ1n) is 5.29. The molecule has 0 radical (unpaired) electrons. The van der Waals surface area contributed by atoms with Crippen molar-refractivity contribution in [3.05, 3.63) is 11.1 Å². The van der Waals surface area contributed by atoms with Gasteiger partial charge in [-0.15, -0.1) is 0 Å². The Kier molecular flexibility index (Phi) is 5.49. The lowest BCUT2D eigenvalue weighted by molar-refractivity contribution is 0.484. The van der Waals surface area contributed by atoms with Crippen LogP contribution in [0.25, 0.3) is 0 Å². The fraction of sp³-hybridized carbons (Fsp3) is 0.818. The highest BCUT2D eigenvalue weighted by Gasteiger charge is 2.13. The van der Waals surface area contributed by atoms with Gasteiger partial charge >= 0.3 is 0 Å². The van der Waals surface area contributed by atoms with E-state index in [9.17, 15) is 0 Å². The highest BCUT2D eigenvalue weighted by Crippen LogP contribution is 2.26. The van der Waals surface area contributed by atoms with Crippen molar-refractivity contribution >= 4 is 11.6 Å². The van der Waals surface area contributed by atoms with Gasteiger partial charge in [-0.1, -0.05) is 37.3 Å². The first-order valence-corrected chi connectivity index (χ1v) is 5.73. The standard InChI is InChI=1S/C11H20ClN/c1-10(8-12)9-13-7-6-11-4-2-3-5-11/h8,11,13H,2-7,9H2,1H3. The van der Waals surface area contributed by atoms with E-state index in [1.807, 2.05) is 0 Å². The van der Waals surface area contributed by atoms with Crippen LogP contribution in [0, 0.1) is 5.92 Å². The summed E-state index contributed by atoms with van der Waals surface area (Å²) in [5.74, 6) is 0.993. The van der Waals surface area contributed by atoms with E-state index >= 15 is 0 Å². The third kappa shape index (κ3) is 4.68. The molecule has 1 fully saturated rings. The number of rotatable bonds is 5. The number of halogens is 1. The van der Waals surface area contributed by atoms with Crippen molar-refractivity contribution in [3.8, 4) is 0 Å². The lowest BCUT2D eigenvalue weighted by atomic mass is 10.0. The third-order valence-corrected chi connectivity index (χ3v) is 3.17. The predicted octanol–water partition coefficient (Wildman–Crippen LogP) is 3.30. The van der Waals surface area contributed by atoms with Crippen molar-refractivity contribution in [2.75, 3.05) is 13.1 Å². The maximum Gasteiger partial charge on any atom is 0.0173 e. The van der Waals surface area contributed by atoms with Gasteiger partial charge in [0.2, 0.25) is 0 Å². The van der Waals surface area contributed by atoms with Crippen LogP contribution >= 0.6 is 11.6 Å². The van der Waals surface area contributed by atoms with Crippen molar-refractivity contribution in [1.82, 2.24) is 5.32 Å². The Morgan fingerprint density at radius 3 is 2.77 bits per heavy atom. The number of hydrogen-bond donors (Lipinski definition) is 1. The van der Waals surface area contributed by atoms with Gasteiger partial charge in [0, 0.05) is 12.1 Å².